The van der Waals surface area contributed by atoms with E-state index < -0.39 is 40.8 Å². The van der Waals surface area contributed by atoms with Crippen LogP contribution in [0.15, 0.2) is 16.9 Å². The highest BCUT2D eigenvalue weighted by Crippen LogP contribution is 2.39. The van der Waals surface area contributed by atoms with E-state index >= 15 is 0 Å². The van der Waals surface area contributed by atoms with Crippen molar-refractivity contribution in [2.24, 2.45) is 5.16 Å². The molecule has 1 fully saturated rings. The molecular formula is C13H15N3O7S. The molecule has 0 aromatic rings. The molecule has 0 aromatic carbocycles. The zero-order valence-corrected chi connectivity index (χ0v) is 13.8. The van der Waals surface area contributed by atoms with Gasteiger partial charge in [-0.15, -0.1) is 0 Å². The second-order valence-corrected chi connectivity index (χ2v) is 6.70. The summed E-state index contributed by atoms with van der Waals surface area (Å²) in [7, 11) is 0. The van der Waals surface area contributed by atoms with Gasteiger partial charge in [0.1, 0.15) is 22.2 Å². The van der Waals surface area contributed by atoms with Crippen molar-refractivity contribution in [3.63, 3.8) is 0 Å². The van der Waals surface area contributed by atoms with E-state index in [-0.39, 0.29) is 10.7 Å². The summed E-state index contributed by atoms with van der Waals surface area (Å²) < 4.78 is 0. The monoisotopic (exact) mass is 357 g/mol. The Morgan fingerprint density at radius 3 is 2.50 bits per heavy atom. The summed E-state index contributed by atoms with van der Waals surface area (Å²) in [5.74, 6) is -3.56. The highest BCUT2D eigenvalue weighted by atomic mass is 32.2. The molecule has 1 saturated heterocycles. The third-order valence-electron chi connectivity index (χ3n) is 3.26. The number of carboxylic acids is 2. The molecule has 11 heteroatoms. The lowest BCUT2D eigenvalue weighted by Crippen LogP contribution is -2.70. The number of carboxylic acid groups (broad SMARTS) is 2. The molecule has 0 bridgehead atoms. The second kappa shape index (κ2) is 6.15. The minimum absolute atomic E-state index is 0.0887. The molecule has 10 nitrogen and oxygen atoms in total. The molecule has 0 radical (unpaired) electrons. The third kappa shape index (κ3) is 3.20. The Balaban J connectivity index is 2.27. The van der Waals surface area contributed by atoms with Crippen LogP contribution < -0.4 is 5.32 Å². The first kappa shape index (κ1) is 17.8. The summed E-state index contributed by atoms with van der Waals surface area (Å²) >= 11 is 0.991. The smallest absolute Gasteiger partial charge is 0.352 e. The van der Waals surface area contributed by atoms with Crippen LogP contribution in [0.3, 0.4) is 0 Å². The maximum atomic E-state index is 12.0. The van der Waals surface area contributed by atoms with Gasteiger partial charge in [-0.3, -0.25) is 14.5 Å². The van der Waals surface area contributed by atoms with E-state index in [2.05, 4.69) is 10.5 Å². The van der Waals surface area contributed by atoms with Gasteiger partial charge < -0.3 is 20.4 Å². The fraction of sp³-hybridized carbons (Fsp3) is 0.462. The van der Waals surface area contributed by atoms with Gasteiger partial charge in [-0.25, -0.2) is 9.59 Å². The van der Waals surface area contributed by atoms with Gasteiger partial charge in [0.2, 0.25) is 11.5 Å². The van der Waals surface area contributed by atoms with Crippen molar-refractivity contribution in [2.45, 2.75) is 37.8 Å². The minimum Gasteiger partial charge on any atom is -0.478 e. The van der Waals surface area contributed by atoms with Crippen molar-refractivity contribution in [1.29, 1.82) is 0 Å². The number of nitrogens with one attached hydrogen (secondary N) is 1. The molecule has 2 aliphatic rings. The Hall–Kier alpha value is -2.56. The second-order valence-electron chi connectivity index (χ2n) is 5.57. The largest absolute Gasteiger partial charge is 0.478 e. The molecule has 1 unspecified atom stereocenters. The van der Waals surface area contributed by atoms with Crippen LogP contribution in [0, 0.1) is 0 Å². The predicted molar refractivity (Wildman–Crippen MR) is 81.8 cm³/mol. The number of carbonyl (C=O) groups excluding carboxylic acids is 2. The molecule has 2 rings (SSSR count). The first-order valence-electron chi connectivity index (χ1n) is 6.76. The molecule has 0 aromatic heterocycles. The van der Waals surface area contributed by atoms with E-state index in [1.807, 2.05) is 0 Å². The van der Waals surface area contributed by atoms with Crippen molar-refractivity contribution in [3.05, 3.63) is 11.8 Å². The zero-order valence-electron chi connectivity index (χ0n) is 13.0. The molecule has 24 heavy (non-hydrogen) atoms. The first-order chi connectivity index (χ1) is 11.0. The molecule has 3 N–H and O–H groups in total. The number of β-lactam (4-membered cyclic amide) rings is 1. The first-order valence-corrected chi connectivity index (χ1v) is 7.64. The summed E-state index contributed by atoms with van der Waals surface area (Å²) in [6.45, 7) is 3.81. The predicted octanol–water partition coefficient (Wildman–Crippen LogP) is -0.432. The average Bonchev–Trinajstić information content (AvgIpc) is 2.49. The van der Waals surface area contributed by atoms with Crippen LogP contribution >= 0.6 is 11.8 Å². The molecule has 0 spiro atoms. The van der Waals surface area contributed by atoms with Crippen LogP contribution in [0.25, 0.3) is 0 Å². The maximum absolute atomic E-state index is 12.0. The summed E-state index contributed by atoms with van der Waals surface area (Å²) in [4.78, 5) is 51.5. The number of amides is 2. The van der Waals surface area contributed by atoms with Gasteiger partial charge in [-0.2, -0.15) is 0 Å². The van der Waals surface area contributed by atoms with E-state index in [0.29, 0.717) is 0 Å². The van der Waals surface area contributed by atoms with Crippen LogP contribution in [-0.4, -0.2) is 60.9 Å². The Labute approximate surface area is 140 Å². The van der Waals surface area contributed by atoms with Gasteiger partial charge in [0, 0.05) is 13.0 Å². The lowest BCUT2D eigenvalue weighted by Gasteiger charge is -2.47. The molecule has 130 valence electrons. The van der Waals surface area contributed by atoms with Gasteiger partial charge >= 0.3 is 11.9 Å². The Kier molecular flexibility index (Phi) is 4.56. The fourth-order valence-electron chi connectivity index (χ4n) is 1.95. The average molecular weight is 357 g/mol. The number of nitrogens with zero attached hydrogens (tertiary/aromatic N) is 2. The number of rotatable bonds is 5. The number of carbonyl (C=O) groups is 4. The van der Waals surface area contributed by atoms with Crippen LogP contribution in [0.2, 0.25) is 0 Å². The van der Waals surface area contributed by atoms with Gasteiger partial charge in [0.05, 0.1) is 0 Å². The van der Waals surface area contributed by atoms with E-state index in [4.69, 9.17) is 9.94 Å². The van der Waals surface area contributed by atoms with Gasteiger partial charge in [0.25, 0.3) is 5.91 Å². The van der Waals surface area contributed by atoms with Crippen LogP contribution in [0.5, 0.6) is 0 Å². The van der Waals surface area contributed by atoms with Crippen molar-refractivity contribution in [2.75, 3.05) is 0 Å². The zero-order chi connectivity index (χ0) is 18.2. The quantitative estimate of drug-likeness (QED) is 0.444. The maximum Gasteiger partial charge on any atom is 0.352 e. The highest BCUT2D eigenvalue weighted by Gasteiger charge is 2.54. The van der Waals surface area contributed by atoms with E-state index in [1.165, 1.54) is 20.8 Å². The number of fused-ring (bicyclic) bond motifs is 1. The summed E-state index contributed by atoms with van der Waals surface area (Å²) in [6, 6.07) is -0.881. The Morgan fingerprint density at radius 1 is 1.38 bits per heavy atom. The number of oxime groups is 1. The normalized spacial score (nSPS) is 24.6. The topological polar surface area (TPSA) is 146 Å². The van der Waals surface area contributed by atoms with E-state index in [0.717, 1.165) is 22.7 Å². The summed E-state index contributed by atoms with van der Waals surface area (Å²) in [5.41, 5.74) is -1.92. The van der Waals surface area contributed by atoms with Gasteiger partial charge in [-0.05, 0) is 13.8 Å². The van der Waals surface area contributed by atoms with Gasteiger partial charge in [-0.1, -0.05) is 16.9 Å². The molecule has 2 amide bonds. The number of hydrogen-bond donors (Lipinski definition) is 3. The molecule has 2 atom stereocenters. The minimum atomic E-state index is -1.60. The Morgan fingerprint density at radius 2 is 2.00 bits per heavy atom. The number of aliphatic carboxylic acids is 2. The molecular weight excluding hydrogens is 342 g/mol. The number of hydrogen-bond acceptors (Lipinski definition) is 7. The van der Waals surface area contributed by atoms with E-state index in [9.17, 15) is 24.3 Å². The fourth-order valence-corrected chi connectivity index (χ4v) is 3.10. The highest BCUT2D eigenvalue weighted by molar-refractivity contribution is 8.15. The van der Waals surface area contributed by atoms with Crippen molar-refractivity contribution in [1.82, 2.24) is 10.2 Å². The van der Waals surface area contributed by atoms with Crippen LogP contribution in [0.4, 0.5) is 0 Å². The van der Waals surface area contributed by atoms with E-state index in [1.54, 1.807) is 0 Å². The molecule has 2 heterocycles. The lowest BCUT2D eigenvalue weighted by atomic mass is 10.1. The standard InChI is InChI=1S/C13H15N3O7S/c1-5(17)14-8-9(18)16-6(11(19)20)4-7(24-10(8)16)15-23-13(2,3)12(21)22/h4,8,10H,1-3H3,(H,14,17)(H,19,20)(H,21,22)/t8?,10-/m0/s1. The van der Waals surface area contributed by atoms with Crippen molar-refractivity contribution < 1.29 is 34.2 Å². The molecule has 2 aliphatic heterocycles. The SMILES string of the molecule is CC(=O)NC1C(=O)N2C(C(=O)O)=CC(=NOC(C)(C)C(=O)O)S[C@@H]12. The molecule has 0 saturated carbocycles. The number of thioether (sulfide) groups is 1. The van der Waals surface area contributed by atoms with Crippen molar-refractivity contribution in [3.8, 4) is 0 Å². The molecule has 0 aliphatic carbocycles. The summed E-state index contributed by atoms with van der Waals surface area (Å²) in [6.07, 6.45) is 1.11. The Bertz CT molecular complexity index is 685. The lowest BCUT2D eigenvalue weighted by molar-refractivity contribution is -0.161. The summed E-state index contributed by atoms with van der Waals surface area (Å²) in [5, 5.41) is 23.7. The van der Waals surface area contributed by atoms with Crippen LogP contribution in [0.1, 0.15) is 20.8 Å². The van der Waals surface area contributed by atoms with Crippen LogP contribution in [-0.2, 0) is 24.0 Å². The third-order valence-corrected chi connectivity index (χ3v) is 4.42. The van der Waals surface area contributed by atoms with Gasteiger partial charge in [0.15, 0.2) is 0 Å². The van der Waals surface area contributed by atoms with Crippen molar-refractivity contribution >= 4 is 40.6 Å².